The molecule has 1 saturated carbocycles. The van der Waals surface area contributed by atoms with Crippen molar-refractivity contribution in [2.24, 2.45) is 11.3 Å². The van der Waals surface area contributed by atoms with Crippen LogP contribution >= 0.6 is 0 Å². The molecule has 2 aromatic rings. The van der Waals surface area contributed by atoms with Crippen LogP contribution in [0.3, 0.4) is 0 Å². The highest BCUT2D eigenvalue weighted by Crippen LogP contribution is 2.46. The van der Waals surface area contributed by atoms with Gasteiger partial charge >= 0.3 is 0 Å². The highest BCUT2D eigenvalue weighted by molar-refractivity contribution is 7.92. The second-order valence-corrected chi connectivity index (χ2v) is 9.47. The van der Waals surface area contributed by atoms with Gasteiger partial charge < -0.3 is 0 Å². The van der Waals surface area contributed by atoms with Crippen LogP contribution in [0.2, 0.25) is 0 Å². The molecule has 0 radical (unpaired) electrons. The van der Waals surface area contributed by atoms with E-state index in [1.165, 1.54) is 0 Å². The molecule has 0 spiro atoms. The van der Waals surface area contributed by atoms with E-state index in [-0.39, 0.29) is 11.2 Å². The molecule has 4 heteroatoms. The van der Waals surface area contributed by atoms with Crippen molar-refractivity contribution >= 4 is 15.6 Å². The molecule has 2 aromatic carbocycles. The molecule has 3 rings (SSSR count). The summed E-state index contributed by atoms with van der Waals surface area (Å²) < 4.78 is 26.2. The number of Topliss-reactive ketones (excluding diaryl/α,β-unsaturated/α-hetero) is 1. The van der Waals surface area contributed by atoms with E-state index in [9.17, 15) is 13.2 Å². The molecule has 1 aliphatic rings. The van der Waals surface area contributed by atoms with Gasteiger partial charge in [0.2, 0.25) is 0 Å². The fourth-order valence-electron chi connectivity index (χ4n) is 3.69. The average molecular weight is 342 g/mol. The predicted octanol–water partition coefficient (Wildman–Crippen LogP) is 4.15. The maximum absolute atomic E-state index is 13.1. The van der Waals surface area contributed by atoms with Crippen molar-refractivity contribution in [3.8, 4) is 0 Å². The van der Waals surface area contributed by atoms with Crippen LogP contribution < -0.4 is 0 Å². The second-order valence-electron chi connectivity index (χ2n) is 7.31. The average Bonchev–Trinajstić information content (AvgIpc) is 2.92. The van der Waals surface area contributed by atoms with E-state index in [1.807, 2.05) is 32.0 Å². The number of hydrogen-bond donors (Lipinski definition) is 0. The highest BCUT2D eigenvalue weighted by atomic mass is 32.2. The zero-order valence-electron chi connectivity index (χ0n) is 14.0. The quantitative estimate of drug-likeness (QED) is 0.784. The lowest BCUT2D eigenvalue weighted by Gasteiger charge is -2.19. The Bertz CT molecular complexity index is 824. The third-order valence-electron chi connectivity index (χ3n) is 4.84. The van der Waals surface area contributed by atoms with E-state index in [4.69, 9.17) is 0 Å². The summed E-state index contributed by atoms with van der Waals surface area (Å²) in [4.78, 5) is 13.3. The number of sulfone groups is 1. The van der Waals surface area contributed by atoms with Crippen molar-refractivity contribution in [3.63, 3.8) is 0 Å². The molecule has 0 saturated heterocycles. The monoisotopic (exact) mass is 342 g/mol. The van der Waals surface area contributed by atoms with Crippen molar-refractivity contribution in [1.29, 1.82) is 0 Å². The normalized spacial score (nSPS) is 23.1. The Labute approximate surface area is 143 Å². The minimum absolute atomic E-state index is 0.0642. The summed E-state index contributed by atoms with van der Waals surface area (Å²) in [7, 11) is -3.53. The fourth-order valence-corrected chi connectivity index (χ4v) is 5.89. The first kappa shape index (κ1) is 16.9. The summed E-state index contributed by atoms with van der Waals surface area (Å²) in [5, 5.41) is -0.664. The summed E-state index contributed by atoms with van der Waals surface area (Å²) in [6, 6.07) is 17.5. The topological polar surface area (TPSA) is 51.2 Å². The van der Waals surface area contributed by atoms with E-state index in [0.717, 1.165) is 0 Å². The van der Waals surface area contributed by atoms with Gasteiger partial charge in [0.1, 0.15) is 0 Å². The molecule has 0 bridgehead atoms. The molecule has 0 unspecified atom stereocenters. The van der Waals surface area contributed by atoms with Crippen LogP contribution in [0.25, 0.3) is 0 Å². The lowest BCUT2D eigenvalue weighted by molar-refractivity contribution is 0.0916. The molecule has 1 aliphatic carbocycles. The Kier molecular flexibility index (Phi) is 4.35. The van der Waals surface area contributed by atoms with Crippen molar-refractivity contribution in [3.05, 3.63) is 66.2 Å². The zero-order valence-corrected chi connectivity index (χ0v) is 14.8. The molecule has 0 heterocycles. The van der Waals surface area contributed by atoms with E-state index in [0.29, 0.717) is 23.3 Å². The minimum atomic E-state index is -3.53. The van der Waals surface area contributed by atoms with E-state index < -0.39 is 21.0 Å². The van der Waals surface area contributed by atoms with Crippen LogP contribution in [-0.2, 0) is 9.84 Å². The van der Waals surface area contributed by atoms with Gasteiger partial charge in [0.15, 0.2) is 15.6 Å². The smallest absolute Gasteiger partial charge is 0.181 e. The van der Waals surface area contributed by atoms with Crippen molar-refractivity contribution in [2.45, 2.75) is 36.8 Å². The number of rotatable bonds is 4. The molecule has 0 amide bonds. The molecular formula is C20H22O3S. The van der Waals surface area contributed by atoms with Gasteiger partial charge in [0, 0.05) is 11.5 Å². The first-order valence-corrected chi connectivity index (χ1v) is 9.74. The second kappa shape index (κ2) is 6.17. The third-order valence-corrected chi connectivity index (χ3v) is 7.06. The van der Waals surface area contributed by atoms with Crippen LogP contribution in [0.5, 0.6) is 0 Å². The number of ketones is 1. The molecule has 0 aromatic heterocycles. The first-order chi connectivity index (χ1) is 11.3. The molecule has 3 nitrogen and oxygen atoms in total. The maximum Gasteiger partial charge on any atom is 0.181 e. The molecule has 2 atom stereocenters. The Hall–Kier alpha value is -1.94. The largest absolute Gasteiger partial charge is 0.294 e. The van der Waals surface area contributed by atoms with Gasteiger partial charge in [-0.05, 0) is 30.4 Å². The summed E-state index contributed by atoms with van der Waals surface area (Å²) in [5.41, 5.74) is 0.426. The van der Waals surface area contributed by atoms with Crippen LogP contribution in [0.1, 0.15) is 37.0 Å². The molecular weight excluding hydrogens is 320 g/mol. The van der Waals surface area contributed by atoms with Gasteiger partial charge in [-0.15, -0.1) is 0 Å². The SMILES string of the molecule is CC1(C)C[C@H](C(=O)c2ccccc2)[C@@H](S(=O)(=O)c2ccccc2)C1. The number of carbonyl (C=O) groups excluding carboxylic acids is 1. The summed E-state index contributed by atoms with van der Waals surface area (Å²) in [6.07, 6.45) is 1.10. The lowest BCUT2D eigenvalue weighted by Crippen LogP contribution is -2.31. The highest BCUT2D eigenvalue weighted by Gasteiger charge is 2.49. The molecule has 0 N–H and O–H groups in total. The Morgan fingerprint density at radius 3 is 2.04 bits per heavy atom. The van der Waals surface area contributed by atoms with Gasteiger partial charge in [0.25, 0.3) is 0 Å². The van der Waals surface area contributed by atoms with Crippen molar-refractivity contribution < 1.29 is 13.2 Å². The Morgan fingerprint density at radius 2 is 1.46 bits per heavy atom. The number of carbonyl (C=O) groups is 1. The molecule has 24 heavy (non-hydrogen) atoms. The van der Waals surface area contributed by atoms with E-state index >= 15 is 0 Å². The van der Waals surface area contributed by atoms with Gasteiger partial charge in [-0.2, -0.15) is 0 Å². The molecule has 126 valence electrons. The molecule has 1 fully saturated rings. The number of benzene rings is 2. The standard InChI is InChI=1S/C20H22O3S/c1-20(2)13-17(19(21)15-9-5-3-6-10-15)18(14-20)24(22,23)16-11-7-4-8-12-16/h3-12,17-18H,13-14H2,1-2H3/t17-,18-/m0/s1. The van der Waals surface area contributed by atoms with Crippen molar-refractivity contribution in [2.75, 3.05) is 0 Å². The Morgan fingerprint density at radius 1 is 0.917 bits per heavy atom. The minimum Gasteiger partial charge on any atom is -0.294 e. The van der Waals surface area contributed by atoms with E-state index in [2.05, 4.69) is 0 Å². The van der Waals surface area contributed by atoms with Crippen LogP contribution in [0.4, 0.5) is 0 Å². The zero-order chi connectivity index (χ0) is 17.4. The van der Waals surface area contributed by atoms with Gasteiger partial charge in [-0.25, -0.2) is 8.42 Å². The summed E-state index contributed by atoms with van der Waals surface area (Å²) in [6.45, 7) is 4.08. The van der Waals surface area contributed by atoms with Gasteiger partial charge in [-0.3, -0.25) is 4.79 Å². The van der Waals surface area contributed by atoms with Crippen LogP contribution in [0, 0.1) is 11.3 Å². The van der Waals surface area contributed by atoms with Crippen LogP contribution in [0.15, 0.2) is 65.6 Å². The fraction of sp³-hybridized carbons (Fsp3) is 0.350. The predicted molar refractivity (Wildman–Crippen MR) is 94.7 cm³/mol. The summed E-state index contributed by atoms with van der Waals surface area (Å²) >= 11 is 0. The van der Waals surface area contributed by atoms with Crippen molar-refractivity contribution in [1.82, 2.24) is 0 Å². The number of hydrogen-bond acceptors (Lipinski definition) is 3. The Balaban J connectivity index is 2.00. The van der Waals surface area contributed by atoms with Crippen LogP contribution in [-0.4, -0.2) is 19.5 Å². The lowest BCUT2D eigenvalue weighted by atomic mass is 9.88. The molecule has 0 aliphatic heterocycles. The maximum atomic E-state index is 13.1. The van der Waals surface area contributed by atoms with Gasteiger partial charge in [0.05, 0.1) is 10.1 Å². The summed E-state index contributed by atoms with van der Waals surface area (Å²) in [5.74, 6) is -0.557. The first-order valence-electron chi connectivity index (χ1n) is 8.19. The third kappa shape index (κ3) is 3.16. The van der Waals surface area contributed by atoms with E-state index in [1.54, 1.807) is 42.5 Å². The van der Waals surface area contributed by atoms with Gasteiger partial charge in [-0.1, -0.05) is 62.4 Å².